The zero-order chi connectivity index (χ0) is 19.6. The third-order valence-corrected chi connectivity index (χ3v) is 7.29. The number of hydrogen-bond acceptors (Lipinski definition) is 5. The number of amides is 1. The first kappa shape index (κ1) is 17.8. The highest BCUT2D eigenvalue weighted by Gasteiger charge is 2.61. The molecule has 2 bridgehead atoms. The van der Waals surface area contributed by atoms with E-state index in [1.165, 1.54) is 29.2 Å². The molecule has 0 saturated heterocycles. The number of non-ortho nitro benzene ring substituents is 1. The molecule has 1 aromatic heterocycles. The maximum Gasteiger partial charge on any atom is 0.420 e. The molecule has 2 saturated carbocycles. The van der Waals surface area contributed by atoms with Crippen molar-refractivity contribution in [2.45, 2.75) is 52.6 Å². The van der Waals surface area contributed by atoms with Crippen LogP contribution in [-0.4, -0.2) is 21.4 Å². The topological polar surface area (TPSA) is 107 Å². The minimum Gasteiger partial charge on any atom is -0.407 e. The van der Waals surface area contributed by atoms with Gasteiger partial charge < -0.3 is 9.73 Å². The van der Waals surface area contributed by atoms with E-state index in [9.17, 15) is 19.7 Å². The molecule has 27 heavy (non-hydrogen) atoms. The molecule has 8 nitrogen and oxygen atoms in total. The Kier molecular flexibility index (Phi) is 3.73. The molecular weight excluding hydrogens is 350 g/mol. The van der Waals surface area contributed by atoms with E-state index in [0.717, 1.165) is 12.8 Å². The molecule has 2 aromatic rings. The average molecular weight is 373 g/mol. The summed E-state index contributed by atoms with van der Waals surface area (Å²) in [4.78, 5) is 35.1. The van der Waals surface area contributed by atoms with Gasteiger partial charge in [0.15, 0.2) is 5.58 Å². The highest BCUT2D eigenvalue weighted by Crippen LogP contribution is 2.65. The van der Waals surface area contributed by atoms with Crippen LogP contribution in [0.3, 0.4) is 0 Å². The van der Waals surface area contributed by atoms with Crippen LogP contribution in [0.5, 0.6) is 0 Å². The molecule has 4 rings (SSSR count). The molecule has 2 aliphatic rings. The van der Waals surface area contributed by atoms with Gasteiger partial charge in [-0.15, -0.1) is 0 Å². The number of oxazole rings is 1. The van der Waals surface area contributed by atoms with Crippen LogP contribution >= 0.6 is 0 Å². The summed E-state index contributed by atoms with van der Waals surface area (Å²) in [5.41, 5.74) is 0.556. The van der Waals surface area contributed by atoms with Gasteiger partial charge in [-0.1, -0.05) is 20.8 Å². The van der Waals surface area contributed by atoms with Crippen molar-refractivity contribution in [2.75, 3.05) is 0 Å². The van der Waals surface area contributed by atoms with Crippen molar-refractivity contribution in [1.82, 2.24) is 9.88 Å². The van der Waals surface area contributed by atoms with Gasteiger partial charge in [0.25, 0.3) is 5.69 Å². The molecule has 0 aliphatic heterocycles. The highest BCUT2D eigenvalue weighted by molar-refractivity contribution is 5.80. The number of rotatable bonds is 4. The Hall–Kier alpha value is -2.64. The summed E-state index contributed by atoms with van der Waals surface area (Å²) in [6.07, 6.45) is 3.25. The lowest BCUT2D eigenvalue weighted by molar-refractivity contribution is -0.384. The maximum atomic E-state index is 12.6. The quantitative estimate of drug-likeness (QED) is 0.655. The summed E-state index contributed by atoms with van der Waals surface area (Å²) in [5.74, 6) is -0.335. The first-order valence-corrected chi connectivity index (χ1v) is 9.20. The predicted molar refractivity (Wildman–Crippen MR) is 98.3 cm³/mol. The van der Waals surface area contributed by atoms with Gasteiger partial charge in [-0.05, 0) is 42.1 Å². The smallest absolute Gasteiger partial charge is 0.407 e. The standard InChI is InChI=1S/C19H23N3O5/c1-18(2)11-6-7-19(18,3)15(8-11)20-16(23)10-21-13-5-4-12(22(25)26)9-14(13)27-17(21)24/h4-5,9,11,15H,6-8,10H2,1-3H3,(H,20,23). The van der Waals surface area contributed by atoms with E-state index in [-0.39, 0.29) is 40.6 Å². The SMILES string of the molecule is CC1(C)C2CCC1(C)C(NC(=O)Cn1c(=O)oc3cc([N+](=O)[O-])ccc31)C2. The number of nitrogens with one attached hydrogen (secondary N) is 1. The van der Waals surface area contributed by atoms with Crippen LogP contribution in [0, 0.1) is 26.9 Å². The second-order valence-corrected chi connectivity index (χ2v) is 8.59. The van der Waals surface area contributed by atoms with E-state index < -0.39 is 10.7 Å². The second-order valence-electron chi connectivity index (χ2n) is 8.59. The number of nitro benzene ring substituents is 1. The summed E-state index contributed by atoms with van der Waals surface area (Å²) < 4.78 is 6.30. The summed E-state index contributed by atoms with van der Waals surface area (Å²) in [6, 6.07) is 4.03. The number of nitrogens with zero attached hydrogens (tertiary/aromatic N) is 2. The van der Waals surface area contributed by atoms with E-state index in [4.69, 9.17) is 4.42 Å². The first-order valence-electron chi connectivity index (χ1n) is 9.20. The molecular formula is C19H23N3O5. The van der Waals surface area contributed by atoms with Crippen molar-refractivity contribution in [3.63, 3.8) is 0 Å². The van der Waals surface area contributed by atoms with Gasteiger partial charge in [0.2, 0.25) is 5.91 Å². The maximum absolute atomic E-state index is 12.6. The fourth-order valence-corrected chi connectivity index (χ4v) is 5.12. The summed E-state index contributed by atoms with van der Waals surface area (Å²) in [7, 11) is 0. The summed E-state index contributed by atoms with van der Waals surface area (Å²) >= 11 is 0. The molecule has 0 spiro atoms. The molecule has 2 aliphatic carbocycles. The van der Waals surface area contributed by atoms with Crippen LogP contribution in [0.15, 0.2) is 27.4 Å². The van der Waals surface area contributed by atoms with Gasteiger partial charge >= 0.3 is 5.76 Å². The fourth-order valence-electron chi connectivity index (χ4n) is 5.12. The Morgan fingerprint density at radius 3 is 2.74 bits per heavy atom. The molecule has 8 heteroatoms. The molecule has 2 fully saturated rings. The van der Waals surface area contributed by atoms with E-state index in [2.05, 4.69) is 26.1 Å². The van der Waals surface area contributed by atoms with Gasteiger partial charge in [-0.2, -0.15) is 0 Å². The largest absolute Gasteiger partial charge is 0.420 e. The van der Waals surface area contributed by atoms with Crippen molar-refractivity contribution in [3.8, 4) is 0 Å². The molecule has 1 heterocycles. The zero-order valence-electron chi connectivity index (χ0n) is 15.7. The van der Waals surface area contributed by atoms with Crippen molar-refractivity contribution < 1.29 is 14.1 Å². The van der Waals surface area contributed by atoms with Crippen molar-refractivity contribution in [2.24, 2.45) is 16.7 Å². The minimum atomic E-state index is -0.694. The van der Waals surface area contributed by atoms with E-state index in [1.54, 1.807) is 0 Å². The molecule has 3 unspecified atom stereocenters. The lowest BCUT2D eigenvalue weighted by Crippen LogP contribution is -2.48. The normalized spacial score (nSPS) is 28.6. The predicted octanol–water partition coefficient (Wildman–Crippen LogP) is 2.83. The Morgan fingerprint density at radius 2 is 2.15 bits per heavy atom. The Morgan fingerprint density at radius 1 is 1.41 bits per heavy atom. The van der Waals surface area contributed by atoms with Gasteiger partial charge in [0.1, 0.15) is 6.54 Å². The van der Waals surface area contributed by atoms with Gasteiger partial charge in [-0.25, -0.2) is 4.79 Å². The lowest BCUT2D eigenvalue weighted by Gasteiger charge is -2.39. The number of carbonyl (C=O) groups excluding carboxylic acids is 1. The molecule has 1 aromatic carbocycles. The van der Waals surface area contributed by atoms with Crippen LogP contribution in [0.25, 0.3) is 11.1 Å². The first-order chi connectivity index (χ1) is 12.6. The van der Waals surface area contributed by atoms with Crippen molar-refractivity contribution in [3.05, 3.63) is 38.9 Å². The highest BCUT2D eigenvalue weighted by atomic mass is 16.6. The molecule has 3 atom stereocenters. The average Bonchev–Trinajstić information content (AvgIpc) is 3.09. The molecule has 0 radical (unpaired) electrons. The fraction of sp³-hybridized carbons (Fsp3) is 0.579. The molecule has 1 N–H and O–H groups in total. The van der Waals surface area contributed by atoms with Crippen LogP contribution in [-0.2, 0) is 11.3 Å². The number of fused-ring (bicyclic) bond motifs is 3. The number of hydrogen-bond donors (Lipinski definition) is 1. The van der Waals surface area contributed by atoms with E-state index in [1.807, 2.05) is 0 Å². The van der Waals surface area contributed by atoms with E-state index >= 15 is 0 Å². The monoisotopic (exact) mass is 373 g/mol. The van der Waals surface area contributed by atoms with E-state index in [0.29, 0.717) is 11.4 Å². The Labute approximate surface area is 155 Å². The van der Waals surface area contributed by atoms with Crippen LogP contribution in [0.4, 0.5) is 5.69 Å². The number of benzene rings is 1. The Balaban J connectivity index is 1.55. The second kappa shape index (κ2) is 5.68. The third-order valence-electron chi connectivity index (χ3n) is 7.29. The Bertz CT molecular complexity index is 1000. The number of aromatic nitrogens is 1. The van der Waals surface area contributed by atoms with Crippen molar-refractivity contribution >= 4 is 22.7 Å². The summed E-state index contributed by atoms with van der Waals surface area (Å²) in [5, 5.41) is 14.0. The van der Waals surface area contributed by atoms with Crippen LogP contribution < -0.4 is 11.1 Å². The van der Waals surface area contributed by atoms with Crippen LogP contribution in [0.1, 0.15) is 40.0 Å². The molecule has 144 valence electrons. The van der Waals surface area contributed by atoms with Gasteiger partial charge in [0.05, 0.1) is 16.5 Å². The zero-order valence-corrected chi connectivity index (χ0v) is 15.7. The number of nitro groups is 1. The van der Waals surface area contributed by atoms with Crippen LogP contribution in [0.2, 0.25) is 0 Å². The minimum absolute atomic E-state index is 0.0529. The third kappa shape index (κ3) is 2.49. The molecule has 1 amide bonds. The van der Waals surface area contributed by atoms with Crippen molar-refractivity contribution in [1.29, 1.82) is 0 Å². The van der Waals surface area contributed by atoms with Gasteiger partial charge in [0, 0.05) is 12.1 Å². The summed E-state index contributed by atoms with van der Waals surface area (Å²) in [6.45, 7) is 6.63. The lowest BCUT2D eigenvalue weighted by atomic mass is 9.69. The number of carbonyl (C=O) groups is 1. The van der Waals surface area contributed by atoms with Gasteiger partial charge in [-0.3, -0.25) is 19.5 Å².